The molecule has 0 bridgehead atoms. The number of H-pyrrole nitrogens is 2. The Morgan fingerprint density at radius 3 is 2.64 bits per heavy atom. The third-order valence-corrected chi connectivity index (χ3v) is 4.24. The van der Waals surface area contributed by atoms with Gasteiger partial charge < -0.3 is 22.1 Å². The highest BCUT2D eigenvalue weighted by Crippen LogP contribution is 2.19. The maximum absolute atomic E-state index is 12.4. The van der Waals surface area contributed by atoms with Crippen LogP contribution >= 0.6 is 0 Å². The van der Waals surface area contributed by atoms with E-state index >= 15 is 0 Å². The van der Waals surface area contributed by atoms with Gasteiger partial charge in [-0.25, -0.2) is 4.98 Å². The van der Waals surface area contributed by atoms with Crippen LogP contribution in [0.1, 0.15) is 15.9 Å². The number of anilines is 4. The van der Waals surface area contributed by atoms with E-state index in [1.54, 1.807) is 30.6 Å². The Morgan fingerprint density at radius 2 is 1.86 bits per heavy atom. The van der Waals surface area contributed by atoms with Crippen molar-refractivity contribution in [1.29, 1.82) is 0 Å². The zero-order valence-corrected chi connectivity index (χ0v) is 14.9. The fourth-order valence-corrected chi connectivity index (χ4v) is 2.79. The van der Waals surface area contributed by atoms with Gasteiger partial charge in [-0.3, -0.25) is 9.78 Å². The molecule has 0 unspecified atom stereocenters. The predicted molar refractivity (Wildman–Crippen MR) is 107 cm³/mol. The zero-order chi connectivity index (χ0) is 19.5. The van der Waals surface area contributed by atoms with Crippen LogP contribution in [0.25, 0.3) is 11.2 Å². The third-order valence-electron chi connectivity index (χ3n) is 4.24. The number of carbonyl (C=O) groups is 1. The molecular formula is C19H19N8O+. The van der Waals surface area contributed by atoms with E-state index < -0.39 is 0 Å². The van der Waals surface area contributed by atoms with Crippen molar-refractivity contribution in [2.24, 2.45) is 0 Å². The number of rotatable bonds is 5. The number of aromatic nitrogens is 4. The van der Waals surface area contributed by atoms with Gasteiger partial charge in [0.05, 0.1) is 11.4 Å². The molecule has 1 amide bonds. The van der Waals surface area contributed by atoms with Crippen molar-refractivity contribution >= 4 is 40.2 Å². The minimum absolute atomic E-state index is 0.179. The minimum Gasteiger partial charge on any atom is -0.397 e. The molecule has 0 fully saturated rings. The summed E-state index contributed by atoms with van der Waals surface area (Å²) in [5.74, 6) is 0.563. The average molecular weight is 375 g/mol. The van der Waals surface area contributed by atoms with Gasteiger partial charge in [0.1, 0.15) is 0 Å². The molecule has 0 radical (unpaired) electrons. The molecule has 0 aliphatic carbocycles. The lowest BCUT2D eigenvalue weighted by Crippen LogP contribution is -2.13. The van der Waals surface area contributed by atoms with Gasteiger partial charge in [0.15, 0.2) is 12.1 Å². The van der Waals surface area contributed by atoms with Crippen LogP contribution in [-0.2, 0) is 6.54 Å². The molecule has 0 aliphatic heterocycles. The van der Waals surface area contributed by atoms with Crippen LogP contribution in [0.4, 0.5) is 23.1 Å². The fraction of sp³-hybridized carbons (Fsp3) is 0.0526. The molecular weight excluding hydrogens is 356 g/mol. The van der Waals surface area contributed by atoms with Crippen LogP contribution in [0, 0.1) is 0 Å². The lowest BCUT2D eigenvalue weighted by atomic mass is 10.1. The minimum atomic E-state index is -0.218. The molecule has 2 aromatic heterocycles. The number of fused-ring (bicyclic) bond motifs is 1. The second-order valence-corrected chi connectivity index (χ2v) is 6.18. The summed E-state index contributed by atoms with van der Waals surface area (Å²) in [5.41, 5.74) is 15.6. The Labute approximate surface area is 160 Å². The number of hydrogen-bond acceptors (Lipinski definition) is 6. The first-order valence-electron chi connectivity index (χ1n) is 8.61. The van der Waals surface area contributed by atoms with Gasteiger partial charge in [-0.1, -0.05) is 29.2 Å². The van der Waals surface area contributed by atoms with E-state index in [1.165, 1.54) is 0 Å². The van der Waals surface area contributed by atoms with Gasteiger partial charge in [-0.15, -0.1) is 0 Å². The Balaban J connectivity index is 1.44. The summed E-state index contributed by atoms with van der Waals surface area (Å²) in [6, 6.07) is 14.4. The first kappa shape index (κ1) is 17.3. The molecule has 0 spiro atoms. The molecule has 0 atom stereocenters. The molecule has 28 heavy (non-hydrogen) atoms. The van der Waals surface area contributed by atoms with Gasteiger partial charge in [0.2, 0.25) is 5.52 Å². The van der Waals surface area contributed by atoms with Crippen LogP contribution in [-0.4, -0.2) is 20.9 Å². The first-order chi connectivity index (χ1) is 13.6. The fourth-order valence-electron chi connectivity index (χ4n) is 2.79. The molecule has 0 saturated heterocycles. The maximum Gasteiger partial charge on any atom is 0.307 e. The normalized spacial score (nSPS) is 10.7. The summed E-state index contributed by atoms with van der Waals surface area (Å²) < 4.78 is 0. The van der Waals surface area contributed by atoms with Crippen LogP contribution in [0.15, 0.2) is 54.9 Å². The SMILES string of the molecule is Nc1nc(NCc2ccc(C(=O)Nc3ccccc3N)cc2)c2[nH]c[nH+]c2n1. The van der Waals surface area contributed by atoms with Gasteiger partial charge in [-0.2, -0.15) is 4.98 Å². The zero-order valence-electron chi connectivity index (χ0n) is 14.9. The molecule has 0 saturated carbocycles. The smallest absolute Gasteiger partial charge is 0.307 e. The number of nitrogens with one attached hydrogen (secondary N) is 4. The number of nitrogens with zero attached hydrogens (tertiary/aromatic N) is 2. The quantitative estimate of drug-likeness (QED) is 0.336. The number of nitrogen functional groups attached to an aromatic ring is 2. The van der Waals surface area contributed by atoms with Crippen molar-refractivity contribution in [3.8, 4) is 0 Å². The Kier molecular flexibility index (Phi) is 4.47. The number of hydrogen-bond donors (Lipinski definition) is 5. The number of benzene rings is 2. The second-order valence-electron chi connectivity index (χ2n) is 6.18. The van der Waals surface area contributed by atoms with Crippen LogP contribution in [0.3, 0.4) is 0 Å². The van der Waals surface area contributed by atoms with Gasteiger partial charge in [0, 0.05) is 12.1 Å². The summed E-state index contributed by atoms with van der Waals surface area (Å²) in [4.78, 5) is 26.7. The topological polar surface area (TPSA) is 149 Å². The summed E-state index contributed by atoms with van der Waals surface area (Å²) in [7, 11) is 0. The molecule has 4 rings (SSSR count). The van der Waals surface area contributed by atoms with Crippen molar-refractivity contribution in [3.63, 3.8) is 0 Å². The summed E-state index contributed by atoms with van der Waals surface area (Å²) in [5, 5.41) is 6.04. The highest BCUT2D eigenvalue weighted by molar-refractivity contribution is 6.05. The lowest BCUT2D eigenvalue weighted by molar-refractivity contribution is -0.347. The third kappa shape index (κ3) is 3.54. The van der Waals surface area contributed by atoms with Crippen molar-refractivity contribution in [1.82, 2.24) is 15.0 Å². The Hall–Kier alpha value is -4.14. The summed E-state index contributed by atoms with van der Waals surface area (Å²) in [6.45, 7) is 0.512. The van der Waals surface area contributed by atoms with Crippen molar-refractivity contribution in [2.75, 3.05) is 22.1 Å². The lowest BCUT2D eigenvalue weighted by Gasteiger charge is -2.09. The molecule has 8 N–H and O–H groups in total. The standard InChI is InChI=1S/C19H18N8O/c20-13-3-1-2-4-14(13)25-18(28)12-7-5-11(6-8-12)9-22-16-15-17(24-10-23-15)27-19(21)26-16/h1-8,10H,9,20H2,(H,25,28)(H4,21,22,23,24,26,27)/p+1. The van der Waals surface area contributed by atoms with E-state index in [-0.39, 0.29) is 11.9 Å². The van der Waals surface area contributed by atoms with Gasteiger partial charge in [0.25, 0.3) is 11.9 Å². The molecule has 9 nitrogen and oxygen atoms in total. The average Bonchev–Trinajstić information content (AvgIpc) is 3.16. The Bertz CT molecular complexity index is 1140. The van der Waals surface area contributed by atoms with Crippen LogP contribution in [0.2, 0.25) is 0 Å². The summed E-state index contributed by atoms with van der Waals surface area (Å²) in [6.07, 6.45) is 1.66. The largest absolute Gasteiger partial charge is 0.397 e. The van der Waals surface area contributed by atoms with E-state index in [0.29, 0.717) is 34.9 Å². The first-order valence-corrected chi connectivity index (χ1v) is 8.61. The van der Waals surface area contributed by atoms with Crippen LogP contribution < -0.4 is 27.1 Å². The number of nitrogens with two attached hydrogens (primary N) is 2. The number of aromatic amines is 2. The second kappa shape index (κ2) is 7.23. The highest BCUT2D eigenvalue weighted by atomic mass is 16.1. The number of carbonyl (C=O) groups excluding carboxylic acids is 1. The predicted octanol–water partition coefficient (Wildman–Crippen LogP) is 1.80. The highest BCUT2D eigenvalue weighted by Gasteiger charge is 2.14. The monoisotopic (exact) mass is 375 g/mol. The van der Waals surface area contributed by atoms with E-state index in [1.807, 2.05) is 24.3 Å². The molecule has 4 aromatic rings. The number of amides is 1. The molecule has 0 aliphatic rings. The van der Waals surface area contributed by atoms with Gasteiger partial charge >= 0.3 is 5.65 Å². The number of para-hydroxylation sites is 2. The van der Waals surface area contributed by atoms with Crippen molar-refractivity contribution in [3.05, 3.63) is 66.0 Å². The molecule has 140 valence electrons. The summed E-state index contributed by atoms with van der Waals surface area (Å²) >= 11 is 0. The molecule has 9 heteroatoms. The van der Waals surface area contributed by atoms with E-state index in [4.69, 9.17) is 11.5 Å². The molecule has 2 aromatic carbocycles. The van der Waals surface area contributed by atoms with Crippen molar-refractivity contribution < 1.29 is 9.78 Å². The van der Waals surface area contributed by atoms with Crippen LogP contribution in [0.5, 0.6) is 0 Å². The van der Waals surface area contributed by atoms with E-state index in [9.17, 15) is 4.79 Å². The van der Waals surface area contributed by atoms with Gasteiger partial charge in [-0.05, 0) is 29.8 Å². The maximum atomic E-state index is 12.4. The number of imidazole rings is 1. The van der Waals surface area contributed by atoms with E-state index in [0.717, 1.165) is 11.1 Å². The Morgan fingerprint density at radius 1 is 1.07 bits per heavy atom. The van der Waals surface area contributed by atoms with E-state index in [2.05, 4.69) is 30.6 Å². The van der Waals surface area contributed by atoms with Crippen molar-refractivity contribution in [2.45, 2.75) is 6.54 Å². The molecule has 2 heterocycles.